The van der Waals surface area contributed by atoms with Crippen molar-refractivity contribution in [2.75, 3.05) is 6.54 Å². The maximum atomic E-state index is 11.8. The number of esters is 1. The number of hydrogen-bond donors (Lipinski definition) is 2. The van der Waals surface area contributed by atoms with E-state index in [1.54, 1.807) is 0 Å². The van der Waals surface area contributed by atoms with Crippen LogP contribution in [0.15, 0.2) is 30.3 Å². The SMILES string of the molecule is CC(NCCC(=O)OC1CCCCC1)C(O)c1ccccc1. The van der Waals surface area contributed by atoms with Gasteiger partial charge in [0.2, 0.25) is 0 Å². The van der Waals surface area contributed by atoms with Gasteiger partial charge in [-0.1, -0.05) is 36.8 Å². The van der Waals surface area contributed by atoms with Crippen LogP contribution in [0, 0.1) is 0 Å². The predicted molar refractivity (Wildman–Crippen MR) is 86.4 cm³/mol. The molecule has 0 saturated heterocycles. The first-order valence-electron chi connectivity index (χ1n) is 8.32. The molecule has 0 spiro atoms. The van der Waals surface area contributed by atoms with Crippen molar-refractivity contribution in [3.63, 3.8) is 0 Å². The molecule has 1 aromatic rings. The van der Waals surface area contributed by atoms with Crippen LogP contribution in [0.3, 0.4) is 0 Å². The van der Waals surface area contributed by atoms with E-state index in [0.29, 0.717) is 13.0 Å². The minimum atomic E-state index is -0.574. The highest BCUT2D eigenvalue weighted by molar-refractivity contribution is 5.69. The van der Waals surface area contributed by atoms with Crippen LogP contribution in [0.1, 0.15) is 57.1 Å². The quantitative estimate of drug-likeness (QED) is 0.760. The number of aliphatic hydroxyl groups is 1. The van der Waals surface area contributed by atoms with Gasteiger partial charge in [-0.2, -0.15) is 0 Å². The van der Waals surface area contributed by atoms with Crippen molar-refractivity contribution >= 4 is 5.97 Å². The minimum absolute atomic E-state index is 0.107. The summed E-state index contributed by atoms with van der Waals surface area (Å²) in [5.74, 6) is -0.138. The van der Waals surface area contributed by atoms with Gasteiger partial charge in [-0.3, -0.25) is 4.79 Å². The van der Waals surface area contributed by atoms with Gasteiger partial charge in [0.1, 0.15) is 6.10 Å². The lowest BCUT2D eigenvalue weighted by molar-refractivity contribution is -0.150. The molecule has 1 fully saturated rings. The fourth-order valence-electron chi connectivity index (χ4n) is 2.88. The fraction of sp³-hybridized carbons (Fsp3) is 0.611. The van der Waals surface area contributed by atoms with Crippen LogP contribution in [0.5, 0.6) is 0 Å². The lowest BCUT2D eigenvalue weighted by Gasteiger charge is -2.23. The second-order valence-electron chi connectivity index (χ2n) is 6.10. The molecule has 2 unspecified atom stereocenters. The third-order valence-electron chi connectivity index (χ3n) is 4.26. The van der Waals surface area contributed by atoms with E-state index in [0.717, 1.165) is 31.2 Å². The molecule has 0 heterocycles. The Bertz CT molecular complexity index is 443. The van der Waals surface area contributed by atoms with E-state index in [2.05, 4.69) is 5.32 Å². The second kappa shape index (κ2) is 8.91. The highest BCUT2D eigenvalue weighted by atomic mass is 16.5. The molecular weight excluding hydrogens is 278 g/mol. The molecule has 2 N–H and O–H groups in total. The number of aliphatic hydroxyl groups excluding tert-OH is 1. The molecule has 2 atom stereocenters. The average molecular weight is 305 g/mol. The van der Waals surface area contributed by atoms with E-state index in [-0.39, 0.29) is 18.1 Å². The number of benzene rings is 1. The molecule has 22 heavy (non-hydrogen) atoms. The van der Waals surface area contributed by atoms with E-state index in [9.17, 15) is 9.90 Å². The van der Waals surface area contributed by atoms with Gasteiger partial charge in [0.05, 0.1) is 12.5 Å². The van der Waals surface area contributed by atoms with Crippen molar-refractivity contribution in [1.29, 1.82) is 0 Å². The first-order valence-corrected chi connectivity index (χ1v) is 8.32. The van der Waals surface area contributed by atoms with Crippen molar-refractivity contribution in [2.24, 2.45) is 0 Å². The number of ether oxygens (including phenoxy) is 1. The van der Waals surface area contributed by atoms with Crippen molar-refractivity contribution in [2.45, 2.75) is 63.7 Å². The summed E-state index contributed by atoms with van der Waals surface area (Å²) < 4.78 is 5.48. The van der Waals surface area contributed by atoms with Crippen LogP contribution in [-0.2, 0) is 9.53 Å². The molecule has 0 radical (unpaired) electrons. The monoisotopic (exact) mass is 305 g/mol. The fourth-order valence-corrected chi connectivity index (χ4v) is 2.88. The van der Waals surface area contributed by atoms with E-state index in [1.807, 2.05) is 37.3 Å². The number of nitrogens with one attached hydrogen (secondary N) is 1. The summed E-state index contributed by atoms with van der Waals surface area (Å²) >= 11 is 0. The molecule has 0 bridgehead atoms. The van der Waals surface area contributed by atoms with Crippen LogP contribution >= 0.6 is 0 Å². The summed E-state index contributed by atoms with van der Waals surface area (Å²) in [4.78, 5) is 11.8. The number of carbonyl (C=O) groups is 1. The zero-order valence-corrected chi connectivity index (χ0v) is 13.3. The van der Waals surface area contributed by atoms with Crippen LogP contribution in [-0.4, -0.2) is 29.8 Å². The Labute approximate surface area is 132 Å². The molecule has 0 aromatic heterocycles. The van der Waals surface area contributed by atoms with Gasteiger partial charge in [-0.15, -0.1) is 0 Å². The standard InChI is InChI=1S/C18H27NO3/c1-14(18(21)15-8-4-2-5-9-15)19-13-12-17(20)22-16-10-6-3-7-11-16/h2,4-5,8-9,14,16,18-19,21H,3,6-7,10-13H2,1H3. The predicted octanol–water partition coefficient (Wildman–Crippen LogP) is 2.96. The Hall–Kier alpha value is -1.39. The highest BCUT2D eigenvalue weighted by Crippen LogP contribution is 2.20. The molecule has 122 valence electrons. The van der Waals surface area contributed by atoms with Gasteiger partial charge in [-0.05, 0) is 38.2 Å². The molecule has 4 nitrogen and oxygen atoms in total. The lowest BCUT2D eigenvalue weighted by Crippen LogP contribution is -2.34. The molecule has 2 rings (SSSR count). The van der Waals surface area contributed by atoms with Gasteiger partial charge in [0, 0.05) is 12.6 Å². The van der Waals surface area contributed by atoms with Crippen LogP contribution < -0.4 is 5.32 Å². The third-order valence-corrected chi connectivity index (χ3v) is 4.26. The van der Waals surface area contributed by atoms with Crippen LogP contribution in [0.2, 0.25) is 0 Å². The first kappa shape index (κ1) is 17.0. The molecular formula is C18H27NO3. The van der Waals surface area contributed by atoms with Crippen molar-refractivity contribution < 1.29 is 14.6 Å². The molecule has 1 aliphatic carbocycles. The molecule has 1 aromatic carbocycles. The molecule has 1 saturated carbocycles. The first-order chi connectivity index (χ1) is 10.7. The van der Waals surface area contributed by atoms with Gasteiger partial charge in [0.15, 0.2) is 0 Å². The Morgan fingerprint density at radius 3 is 2.64 bits per heavy atom. The van der Waals surface area contributed by atoms with E-state index >= 15 is 0 Å². The Balaban J connectivity index is 1.65. The van der Waals surface area contributed by atoms with Crippen LogP contribution in [0.25, 0.3) is 0 Å². The van der Waals surface area contributed by atoms with E-state index in [4.69, 9.17) is 4.74 Å². The number of hydrogen-bond acceptors (Lipinski definition) is 4. The molecule has 1 aliphatic rings. The molecule has 0 aliphatic heterocycles. The second-order valence-corrected chi connectivity index (χ2v) is 6.10. The average Bonchev–Trinajstić information content (AvgIpc) is 2.55. The maximum absolute atomic E-state index is 11.8. The largest absolute Gasteiger partial charge is 0.462 e. The third kappa shape index (κ3) is 5.43. The smallest absolute Gasteiger partial charge is 0.307 e. The van der Waals surface area contributed by atoms with Gasteiger partial charge in [-0.25, -0.2) is 0 Å². The topological polar surface area (TPSA) is 58.6 Å². The van der Waals surface area contributed by atoms with E-state index in [1.165, 1.54) is 6.42 Å². The lowest BCUT2D eigenvalue weighted by atomic mass is 9.98. The Kier molecular flexibility index (Phi) is 6.87. The van der Waals surface area contributed by atoms with Crippen molar-refractivity contribution in [3.8, 4) is 0 Å². The summed E-state index contributed by atoms with van der Waals surface area (Å²) in [5, 5.41) is 13.4. The molecule has 0 amide bonds. The zero-order chi connectivity index (χ0) is 15.8. The zero-order valence-electron chi connectivity index (χ0n) is 13.3. The van der Waals surface area contributed by atoms with Crippen molar-refractivity contribution in [1.82, 2.24) is 5.32 Å². The van der Waals surface area contributed by atoms with Gasteiger partial charge in [0.25, 0.3) is 0 Å². The Morgan fingerprint density at radius 1 is 1.27 bits per heavy atom. The summed E-state index contributed by atoms with van der Waals surface area (Å²) in [7, 11) is 0. The van der Waals surface area contributed by atoms with Crippen molar-refractivity contribution in [3.05, 3.63) is 35.9 Å². The number of carbonyl (C=O) groups excluding carboxylic acids is 1. The highest BCUT2D eigenvalue weighted by Gasteiger charge is 2.19. The summed E-state index contributed by atoms with van der Waals surface area (Å²) in [6.45, 7) is 2.45. The summed E-state index contributed by atoms with van der Waals surface area (Å²) in [6.07, 6.45) is 5.48. The minimum Gasteiger partial charge on any atom is -0.462 e. The molecule has 4 heteroatoms. The summed E-state index contributed by atoms with van der Waals surface area (Å²) in [6, 6.07) is 9.44. The van der Waals surface area contributed by atoms with Crippen LogP contribution in [0.4, 0.5) is 0 Å². The van der Waals surface area contributed by atoms with Gasteiger partial charge < -0.3 is 15.2 Å². The summed E-state index contributed by atoms with van der Waals surface area (Å²) in [5.41, 5.74) is 0.882. The van der Waals surface area contributed by atoms with E-state index < -0.39 is 6.10 Å². The number of rotatable bonds is 7. The normalized spacial score (nSPS) is 18.6. The van der Waals surface area contributed by atoms with Gasteiger partial charge >= 0.3 is 5.97 Å². The maximum Gasteiger partial charge on any atom is 0.307 e. The Morgan fingerprint density at radius 2 is 1.95 bits per heavy atom.